The number of carbonyl (C=O) groups is 1. The van der Waals surface area contributed by atoms with E-state index in [4.69, 9.17) is 4.74 Å². The van der Waals surface area contributed by atoms with Gasteiger partial charge in [0.1, 0.15) is 6.10 Å². The predicted octanol–water partition coefficient (Wildman–Crippen LogP) is 1.54. The summed E-state index contributed by atoms with van der Waals surface area (Å²) in [6.07, 6.45) is 5.39. The van der Waals surface area contributed by atoms with Crippen LogP contribution in [0.2, 0.25) is 0 Å². The molecule has 2 fully saturated rings. The third-order valence-corrected chi connectivity index (χ3v) is 3.92. The number of nitrogens with one attached hydrogen (secondary N) is 1. The SMILES string of the molecule is CCCN(CC1CCCN1)C(=O)C1CCC(C)O1. The summed E-state index contributed by atoms with van der Waals surface area (Å²) < 4.78 is 5.70. The zero-order chi connectivity index (χ0) is 13.0. The number of nitrogens with zero attached hydrogens (tertiary/aromatic N) is 1. The lowest BCUT2D eigenvalue weighted by Gasteiger charge is -2.28. The Balaban J connectivity index is 1.88. The van der Waals surface area contributed by atoms with Gasteiger partial charge >= 0.3 is 0 Å². The van der Waals surface area contributed by atoms with Gasteiger partial charge in [-0.05, 0) is 45.6 Å². The normalized spacial score (nSPS) is 31.8. The van der Waals surface area contributed by atoms with Crippen molar-refractivity contribution in [3.8, 4) is 0 Å². The molecule has 2 heterocycles. The molecular weight excluding hydrogens is 228 g/mol. The first-order valence-corrected chi connectivity index (χ1v) is 7.38. The fraction of sp³-hybridized carbons (Fsp3) is 0.929. The minimum atomic E-state index is -0.187. The molecule has 3 unspecified atom stereocenters. The van der Waals surface area contributed by atoms with Crippen molar-refractivity contribution in [2.75, 3.05) is 19.6 Å². The van der Waals surface area contributed by atoms with Gasteiger partial charge in [0.25, 0.3) is 5.91 Å². The van der Waals surface area contributed by atoms with E-state index >= 15 is 0 Å². The Morgan fingerprint density at radius 1 is 1.39 bits per heavy atom. The van der Waals surface area contributed by atoms with Crippen molar-refractivity contribution in [3.63, 3.8) is 0 Å². The average molecular weight is 254 g/mol. The van der Waals surface area contributed by atoms with Crippen LogP contribution in [0.1, 0.15) is 46.0 Å². The number of hydrogen-bond donors (Lipinski definition) is 1. The lowest BCUT2D eigenvalue weighted by atomic mass is 10.1. The van der Waals surface area contributed by atoms with Gasteiger partial charge < -0.3 is 15.0 Å². The van der Waals surface area contributed by atoms with Gasteiger partial charge in [-0.2, -0.15) is 0 Å². The van der Waals surface area contributed by atoms with E-state index in [1.54, 1.807) is 0 Å². The highest BCUT2D eigenvalue weighted by Crippen LogP contribution is 2.21. The number of amides is 1. The van der Waals surface area contributed by atoms with Crippen molar-refractivity contribution in [2.45, 2.75) is 64.2 Å². The van der Waals surface area contributed by atoms with Crippen LogP contribution >= 0.6 is 0 Å². The largest absolute Gasteiger partial charge is 0.365 e. The molecule has 0 spiro atoms. The van der Waals surface area contributed by atoms with Crippen LogP contribution in [0.3, 0.4) is 0 Å². The van der Waals surface area contributed by atoms with Crippen LogP contribution in [-0.2, 0) is 9.53 Å². The molecule has 0 aliphatic carbocycles. The van der Waals surface area contributed by atoms with Crippen LogP contribution < -0.4 is 5.32 Å². The smallest absolute Gasteiger partial charge is 0.251 e. The molecule has 104 valence electrons. The van der Waals surface area contributed by atoms with Gasteiger partial charge in [0.2, 0.25) is 0 Å². The molecule has 0 bridgehead atoms. The van der Waals surface area contributed by atoms with Crippen molar-refractivity contribution < 1.29 is 9.53 Å². The van der Waals surface area contributed by atoms with Gasteiger partial charge in [0, 0.05) is 19.1 Å². The molecule has 4 nitrogen and oxygen atoms in total. The van der Waals surface area contributed by atoms with Gasteiger partial charge in [-0.3, -0.25) is 4.79 Å². The zero-order valence-corrected chi connectivity index (χ0v) is 11.7. The number of hydrogen-bond acceptors (Lipinski definition) is 3. The molecule has 1 N–H and O–H groups in total. The molecule has 4 heteroatoms. The second-order valence-electron chi connectivity index (χ2n) is 5.59. The molecule has 2 aliphatic heterocycles. The Hall–Kier alpha value is -0.610. The third-order valence-electron chi connectivity index (χ3n) is 3.92. The van der Waals surface area contributed by atoms with Gasteiger partial charge in [-0.1, -0.05) is 6.92 Å². The maximum Gasteiger partial charge on any atom is 0.251 e. The van der Waals surface area contributed by atoms with Gasteiger partial charge in [0.05, 0.1) is 6.10 Å². The highest BCUT2D eigenvalue weighted by Gasteiger charge is 2.32. The van der Waals surface area contributed by atoms with Crippen LogP contribution in [0.5, 0.6) is 0 Å². The fourth-order valence-electron chi connectivity index (χ4n) is 2.93. The molecule has 0 radical (unpaired) electrons. The molecule has 0 aromatic heterocycles. The summed E-state index contributed by atoms with van der Waals surface area (Å²) in [5.74, 6) is 0.204. The summed E-state index contributed by atoms with van der Waals surface area (Å²) in [5.41, 5.74) is 0. The molecule has 0 saturated carbocycles. The van der Waals surface area contributed by atoms with Crippen LogP contribution in [0.4, 0.5) is 0 Å². The zero-order valence-electron chi connectivity index (χ0n) is 11.7. The molecule has 2 rings (SSSR count). The fourth-order valence-corrected chi connectivity index (χ4v) is 2.93. The molecule has 2 aliphatic rings. The molecule has 2 saturated heterocycles. The van der Waals surface area contributed by atoms with Crippen molar-refractivity contribution in [2.24, 2.45) is 0 Å². The molecule has 18 heavy (non-hydrogen) atoms. The maximum atomic E-state index is 12.4. The minimum absolute atomic E-state index is 0.187. The second kappa shape index (κ2) is 6.53. The lowest BCUT2D eigenvalue weighted by Crippen LogP contribution is -2.45. The van der Waals surface area contributed by atoms with E-state index < -0.39 is 0 Å². The van der Waals surface area contributed by atoms with E-state index in [-0.39, 0.29) is 18.1 Å². The summed E-state index contributed by atoms with van der Waals surface area (Å²) in [5, 5.41) is 3.46. The van der Waals surface area contributed by atoms with E-state index in [0.717, 1.165) is 38.9 Å². The average Bonchev–Trinajstić information content (AvgIpc) is 2.99. The van der Waals surface area contributed by atoms with E-state index in [2.05, 4.69) is 19.2 Å². The quantitative estimate of drug-likeness (QED) is 0.809. The van der Waals surface area contributed by atoms with Crippen LogP contribution in [0.25, 0.3) is 0 Å². The number of carbonyl (C=O) groups excluding carboxylic acids is 1. The second-order valence-corrected chi connectivity index (χ2v) is 5.59. The highest BCUT2D eigenvalue weighted by atomic mass is 16.5. The van der Waals surface area contributed by atoms with Gasteiger partial charge in [-0.25, -0.2) is 0 Å². The molecule has 0 aromatic carbocycles. The van der Waals surface area contributed by atoms with Crippen LogP contribution in [-0.4, -0.2) is 48.7 Å². The minimum Gasteiger partial charge on any atom is -0.365 e. The molecule has 1 amide bonds. The number of rotatable bonds is 5. The Labute approximate surface area is 110 Å². The van der Waals surface area contributed by atoms with Crippen LogP contribution in [0.15, 0.2) is 0 Å². The Morgan fingerprint density at radius 3 is 2.78 bits per heavy atom. The van der Waals surface area contributed by atoms with Gasteiger partial charge in [-0.15, -0.1) is 0 Å². The first kappa shape index (κ1) is 13.8. The van der Waals surface area contributed by atoms with E-state index in [0.29, 0.717) is 6.04 Å². The van der Waals surface area contributed by atoms with Crippen LogP contribution in [0, 0.1) is 0 Å². The summed E-state index contributed by atoms with van der Waals surface area (Å²) in [6, 6.07) is 0.485. The standard InChI is InChI=1S/C14H26N2O2/c1-3-9-16(10-12-5-4-8-15-12)14(17)13-7-6-11(2)18-13/h11-13,15H,3-10H2,1-2H3. The third kappa shape index (κ3) is 3.45. The summed E-state index contributed by atoms with van der Waals surface area (Å²) in [7, 11) is 0. The van der Waals surface area contributed by atoms with Crippen molar-refractivity contribution >= 4 is 5.91 Å². The predicted molar refractivity (Wildman–Crippen MR) is 71.5 cm³/mol. The van der Waals surface area contributed by atoms with Crippen molar-refractivity contribution in [1.29, 1.82) is 0 Å². The van der Waals surface area contributed by atoms with E-state index in [1.807, 2.05) is 4.90 Å². The van der Waals surface area contributed by atoms with E-state index in [1.165, 1.54) is 12.8 Å². The summed E-state index contributed by atoms with van der Waals surface area (Å²) in [4.78, 5) is 14.4. The Bertz CT molecular complexity index is 277. The Morgan fingerprint density at radius 2 is 2.22 bits per heavy atom. The lowest BCUT2D eigenvalue weighted by molar-refractivity contribution is -0.143. The first-order chi connectivity index (χ1) is 8.70. The highest BCUT2D eigenvalue weighted by molar-refractivity contribution is 5.81. The van der Waals surface area contributed by atoms with Gasteiger partial charge in [0.15, 0.2) is 0 Å². The molecule has 3 atom stereocenters. The summed E-state index contributed by atoms with van der Waals surface area (Å²) >= 11 is 0. The van der Waals surface area contributed by atoms with Crippen molar-refractivity contribution in [3.05, 3.63) is 0 Å². The maximum absolute atomic E-state index is 12.4. The van der Waals surface area contributed by atoms with E-state index in [9.17, 15) is 4.79 Å². The molecule has 0 aromatic rings. The number of ether oxygens (including phenoxy) is 1. The first-order valence-electron chi connectivity index (χ1n) is 7.38. The Kier molecular flexibility index (Phi) is 5.01. The van der Waals surface area contributed by atoms with Crippen molar-refractivity contribution in [1.82, 2.24) is 10.2 Å². The summed E-state index contributed by atoms with van der Waals surface area (Å²) in [6.45, 7) is 6.97. The monoisotopic (exact) mass is 254 g/mol. The molecular formula is C14H26N2O2. The topological polar surface area (TPSA) is 41.6 Å².